The number of hydrogen-bond acceptors (Lipinski definition) is 4. The van der Waals surface area contributed by atoms with Crippen LogP contribution < -0.4 is 15.8 Å². The van der Waals surface area contributed by atoms with E-state index in [1.54, 1.807) is 34.9 Å². The predicted molar refractivity (Wildman–Crippen MR) is 99.7 cm³/mol. The molecule has 2 aromatic carbocycles. The maximum atomic E-state index is 11.9. The number of hydrogen-bond donors (Lipinski definition) is 1. The van der Waals surface area contributed by atoms with E-state index < -0.39 is 5.76 Å². The Morgan fingerprint density at radius 1 is 1.15 bits per heavy atom. The summed E-state index contributed by atoms with van der Waals surface area (Å²) in [7, 11) is 0. The van der Waals surface area contributed by atoms with Crippen molar-refractivity contribution < 1.29 is 13.9 Å². The molecule has 0 aliphatic heterocycles. The van der Waals surface area contributed by atoms with Crippen molar-refractivity contribution in [1.29, 1.82) is 0 Å². The van der Waals surface area contributed by atoms with Crippen LogP contribution in [0.2, 0.25) is 5.02 Å². The van der Waals surface area contributed by atoms with E-state index in [4.69, 9.17) is 20.8 Å². The molecule has 0 saturated heterocycles. The van der Waals surface area contributed by atoms with Gasteiger partial charge < -0.3 is 14.5 Å². The van der Waals surface area contributed by atoms with Gasteiger partial charge in [0.25, 0.3) is 0 Å². The average Bonchev–Trinajstić information content (AvgIpc) is 2.96. The highest BCUT2D eigenvalue weighted by Gasteiger charge is 2.09. The second-order valence-corrected chi connectivity index (χ2v) is 6.18. The third-order valence-corrected chi connectivity index (χ3v) is 4.12. The van der Waals surface area contributed by atoms with E-state index in [9.17, 15) is 9.59 Å². The molecular formula is C19H19ClN2O4. The van der Waals surface area contributed by atoms with Gasteiger partial charge in [0.15, 0.2) is 5.58 Å². The van der Waals surface area contributed by atoms with Gasteiger partial charge in [0.2, 0.25) is 5.91 Å². The first-order valence-electron chi connectivity index (χ1n) is 8.37. The van der Waals surface area contributed by atoms with Crippen LogP contribution in [0.15, 0.2) is 57.7 Å². The lowest BCUT2D eigenvalue weighted by molar-refractivity contribution is -0.121. The van der Waals surface area contributed by atoms with E-state index in [0.29, 0.717) is 48.9 Å². The molecule has 0 aliphatic rings. The first-order chi connectivity index (χ1) is 12.6. The van der Waals surface area contributed by atoms with E-state index >= 15 is 0 Å². The number of benzene rings is 2. The minimum absolute atomic E-state index is 0.0782. The van der Waals surface area contributed by atoms with Gasteiger partial charge in [-0.2, -0.15) is 0 Å². The summed E-state index contributed by atoms with van der Waals surface area (Å²) in [5.41, 5.74) is 1.30. The molecule has 3 rings (SSSR count). The van der Waals surface area contributed by atoms with E-state index in [2.05, 4.69) is 5.32 Å². The number of halogens is 1. The van der Waals surface area contributed by atoms with E-state index in [-0.39, 0.29) is 5.91 Å². The molecule has 0 aliphatic carbocycles. The zero-order valence-electron chi connectivity index (χ0n) is 14.1. The van der Waals surface area contributed by atoms with Gasteiger partial charge >= 0.3 is 5.76 Å². The molecule has 136 valence electrons. The Hall–Kier alpha value is -2.73. The van der Waals surface area contributed by atoms with Gasteiger partial charge in [0, 0.05) is 18.0 Å². The minimum Gasteiger partial charge on any atom is -0.492 e. The molecule has 7 heteroatoms. The number of rotatable bonds is 8. The molecule has 1 N–H and O–H groups in total. The molecule has 0 radical (unpaired) electrons. The second-order valence-electron chi connectivity index (χ2n) is 5.74. The van der Waals surface area contributed by atoms with Gasteiger partial charge in [-0.15, -0.1) is 0 Å². The summed E-state index contributed by atoms with van der Waals surface area (Å²) in [5, 5.41) is 3.44. The van der Waals surface area contributed by atoms with Crippen molar-refractivity contribution in [3.8, 4) is 5.75 Å². The molecule has 3 aromatic rings. The Kier molecular flexibility index (Phi) is 5.96. The van der Waals surface area contributed by atoms with Crippen LogP contribution in [0.1, 0.15) is 12.8 Å². The Balaban J connectivity index is 1.38. The quantitative estimate of drug-likeness (QED) is 0.614. The van der Waals surface area contributed by atoms with Gasteiger partial charge in [-0.25, -0.2) is 4.79 Å². The van der Waals surface area contributed by atoms with Crippen LogP contribution in [0.25, 0.3) is 11.1 Å². The van der Waals surface area contributed by atoms with Crippen molar-refractivity contribution in [1.82, 2.24) is 9.88 Å². The summed E-state index contributed by atoms with van der Waals surface area (Å²) in [6.07, 6.45) is 0.875. The number of amides is 1. The minimum atomic E-state index is -0.400. The third-order valence-electron chi connectivity index (χ3n) is 3.87. The highest BCUT2D eigenvalue weighted by molar-refractivity contribution is 6.30. The highest BCUT2D eigenvalue weighted by Crippen LogP contribution is 2.15. The maximum absolute atomic E-state index is 11.9. The topological polar surface area (TPSA) is 73.5 Å². The molecule has 26 heavy (non-hydrogen) atoms. The lowest BCUT2D eigenvalue weighted by Gasteiger charge is -2.08. The summed E-state index contributed by atoms with van der Waals surface area (Å²) in [6.45, 7) is 1.22. The predicted octanol–water partition coefficient (Wildman–Crippen LogP) is 3.22. The SMILES string of the molecule is O=C(CCCn1c(=O)oc2ccccc21)NCCOc1ccc(Cl)cc1. The zero-order valence-corrected chi connectivity index (χ0v) is 14.9. The number of ether oxygens (including phenoxy) is 1. The van der Waals surface area contributed by atoms with Crippen molar-refractivity contribution >= 4 is 28.6 Å². The summed E-state index contributed by atoms with van der Waals surface area (Å²) in [5.74, 6) is 0.225. The normalized spacial score (nSPS) is 10.8. The molecular weight excluding hydrogens is 356 g/mol. The Morgan fingerprint density at radius 3 is 2.73 bits per heavy atom. The molecule has 0 saturated carbocycles. The number of aromatic nitrogens is 1. The van der Waals surface area contributed by atoms with Gasteiger partial charge in [-0.3, -0.25) is 9.36 Å². The van der Waals surface area contributed by atoms with Crippen LogP contribution in [0.5, 0.6) is 5.75 Å². The number of carbonyl (C=O) groups excluding carboxylic acids is 1. The number of carbonyl (C=O) groups is 1. The van der Waals surface area contributed by atoms with Crippen molar-refractivity contribution in [3.05, 3.63) is 64.1 Å². The van der Waals surface area contributed by atoms with Crippen molar-refractivity contribution in [2.75, 3.05) is 13.2 Å². The largest absolute Gasteiger partial charge is 0.492 e. The number of oxazole rings is 1. The average molecular weight is 375 g/mol. The fourth-order valence-corrected chi connectivity index (χ4v) is 2.73. The number of aryl methyl sites for hydroxylation is 1. The van der Waals surface area contributed by atoms with E-state index in [1.807, 2.05) is 18.2 Å². The second kappa shape index (κ2) is 8.58. The first-order valence-corrected chi connectivity index (χ1v) is 8.75. The molecule has 0 atom stereocenters. The number of nitrogens with one attached hydrogen (secondary N) is 1. The summed E-state index contributed by atoms with van der Waals surface area (Å²) in [4.78, 5) is 23.7. The fraction of sp³-hybridized carbons (Fsp3) is 0.263. The van der Waals surface area contributed by atoms with Gasteiger partial charge in [-0.05, 0) is 42.8 Å². The summed E-state index contributed by atoms with van der Waals surface area (Å²) in [6, 6.07) is 14.3. The Labute approximate surface area is 155 Å². The number of nitrogens with zero attached hydrogens (tertiary/aromatic N) is 1. The third kappa shape index (κ3) is 4.67. The Bertz CT molecular complexity index is 931. The number of para-hydroxylation sites is 2. The zero-order chi connectivity index (χ0) is 18.4. The lowest BCUT2D eigenvalue weighted by atomic mass is 10.2. The van der Waals surface area contributed by atoms with Crippen LogP contribution in [-0.4, -0.2) is 23.6 Å². The molecule has 1 heterocycles. The fourth-order valence-electron chi connectivity index (χ4n) is 2.60. The Morgan fingerprint density at radius 2 is 1.92 bits per heavy atom. The van der Waals surface area contributed by atoms with Crippen LogP contribution in [0.4, 0.5) is 0 Å². The molecule has 6 nitrogen and oxygen atoms in total. The van der Waals surface area contributed by atoms with Crippen LogP contribution in [0, 0.1) is 0 Å². The van der Waals surface area contributed by atoms with Gasteiger partial charge in [-0.1, -0.05) is 23.7 Å². The molecule has 0 fully saturated rings. The highest BCUT2D eigenvalue weighted by atomic mass is 35.5. The van der Waals surface area contributed by atoms with Crippen LogP contribution in [-0.2, 0) is 11.3 Å². The van der Waals surface area contributed by atoms with Crippen molar-refractivity contribution in [3.63, 3.8) is 0 Å². The summed E-state index contributed by atoms with van der Waals surface area (Å²) >= 11 is 5.80. The van der Waals surface area contributed by atoms with Crippen LogP contribution >= 0.6 is 11.6 Å². The smallest absolute Gasteiger partial charge is 0.419 e. The van der Waals surface area contributed by atoms with Crippen LogP contribution in [0.3, 0.4) is 0 Å². The first kappa shape index (κ1) is 18.1. The van der Waals surface area contributed by atoms with Crippen molar-refractivity contribution in [2.24, 2.45) is 0 Å². The lowest BCUT2D eigenvalue weighted by Crippen LogP contribution is -2.28. The molecule has 0 unspecified atom stereocenters. The number of fused-ring (bicyclic) bond motifs is 1. The van der Waals surface area contributed by atoms with Crippen molar-refractivity contribution in [2.45, 2.75) is 19.4 Å². The maximum Gasteiger partial charge on any atom is 0.419 e. The van der Waals surface area contributed by atoms with Gasteiger partial charge in [0.05, 0.1) is 12.1 Å². The van der Waals surface area contributed by atoms with Gasteiger partial charge in [0.1, 0.15) is 12.4 Å². The standard InChI is InChI=1S/C19H19ClN2O4/c20-14-7-9-15(10-8-14)25-13-11-21-18(23)6-3-12-22-16-4-1-2-5-17(16)26-19(22)24/h1-2,4-5,7-10H,3,6,11-13H2,(H,21,23). The summed E-state index contributed by atoms with van der Waals surface area (Å²) < 4.78 is 12.2. The van der Waals surface area contributed by atoms with E-state index in [1.165, 1.54) is 0 Å². The molecule has 1 aromatic heterocycles. The molecule has 0 spiro atoms. The molecule has 1 amide bonds. The van der Waals surface area contributed by atoms with E-state index in [0.717, 1.165) is 5.52 Å². The monoisotopic (exact) mass is 374 g/mol. The molecule has 0 bridgehead atoms.